The lowest BCUT2D eigenvalue weighted by Crippen LogP contribution is -2.28. The van der Waals surface area contributed by atoms with E-state index in [-0.39, 0.29) is 18.4 Å². The minimum atomic E-state index is -0.805. The number of aliphatic carboxylic acids is 1. The fourth-order valence-corrected chi connectivity index (χ4v) is 2.88. The molecule has 4 heteroatoms. The first-order chi connectivity index (χ1) is 10.6. The molecule has 0 fully saturated rings. The zero-order valence-corrected chi connectivity index (χ0v) is 12.5. The minimum absolute atomic E-state index is 0.0590. The molecule has 1 heterocycles. The molecule has 0 aromatic heterocycles. The van der Waals surface area contributed by atoms with Gasteiger partial charge in [-0.3, -0.25) is 4.79 Å². The molecule has 0 radical (unpaired) electrons. The van der Waals surface area contributed by atoms with Crippen LogP contribution in [0.4, 0.5) is 0 Å². The van der Waals surface area contributed by atoms with Crippen LogP contribution in [-0.4, -0.2) is 17.1 Å². The Bertz CT molecular complexity index is 658. The molecule has 1 aromatic rings. The van der Waals surface area contributed by atoms with Gasteiger partial charge >= 0.3 is 5.97 Å². The molecule has 4 nitrogen and oxygen atoms in total. The fourth-order valence-electron chi connectivity index (χ4n) is 2.88. The minimum Gasteiger partial charge on any atom is -0.489 e. The number of nitrogens with one attached hydrogen (secondary N) is 1. The summed E-state index contributed by atoms with van der Waals surface area (Å²) in [6, 6.07) is 10.1. The van der Waals surface area contributed by atoms with Gasteiger partial charge in [-0.2, -0.15) is 0 Å². The molecule has 0 saturated carbocycles. The molecule has 1 aliphatic carbocycles. The monoisotopic (exact) mass is 297 g/mol. The summed E-state index contributed by atoms with van der Waals surface area (Å²) in [7, 11) is 0. The van der Waals surface area contributed by atoms with Crippen LogP contribution in [0.15, 0.2) is 65.6 Å². The number of allylic oxidation sites excluding steroid dienone is 1. The highest BCUT2D eigenvalue weighted by molar-refractivity contribution is 5.70. The molecule has 0 amide bonds. The van der Waals surface area contributed by atoms with Crippen molar-refractivity contribution in [3.63, 3.8) is 0 Å². The number of benzene rings is 1. The van der Waals surface area contributed by atoms with Gasteiger partial charge in [-0.05, 0) is 35.9 Å². The molecule has 22 heavy (non-hydrogen) atoms. The highest BCUT2D eigenvalue weighted by Crippen LogP contribution is 2.33. The Morgan fingerprint density at radius 3 is 2.77 bits per heavy atom. The number of ether oxygens (including phenoxy) is 1. The van der Waals surface area contributed by atoms with Crippen LogP contribution < -0.4 is 5.32 Å². The highest BCUT2D eigenvalue weighted by Gasteiger charge is 2.31. The second kappa shape index (κ2) is 6.10. The van der Waals surface area contributed by atoms with Crippen molar-refractivity contribution < 1.29 is 14.6 Å². The van der Waals surface area contributed by atoms with Crippen LogP contribution in [0.2, 0.25) is 0 Å². The number of fused-ring (bicyclic) bond motifs is 1. The Hall–Kier alpha value is -2.49. The Labute approximate surface area is 129 Å². The lowest BCUT2D eigenvalue weighted by molar-refractivity contribution is -0.136. The van der Waals surface area contributed by atoms with Crippen molar-refractivity contribution in [1.82, 2.24) is 5.32 Å². The molecule has 2 N–H and O–H groups in total. The molecule has 0 bridgehead atoms. The summed E-state index contributed by atoms with van der Waals surface area (Å²) in [4.78, 5) is 11.0. The molecule has 1 aromatic carbocycles. The molecule has 2 aliphatic rings. The summed E-state index contributed by atoms with van der Waals surface area (Å²) in [5, 5.41) is 12.2. The van der Waals surface area contributed by atoms with Crippen LogP contribution >= 0.6 is 0 Å². The van der Waals surface area contributed by atoms with Crippen LogP contribution in [0, 0.1) is 5.92 Å². The quantitative estimate of drug-likeness (QED) is 0.877. The molecule has 2 atom stereocenters. The van der Waals surface area contributed by atoms with Crippen LogP contribution in [-0.2, 0) is 16.1 Å². The average molecular weight is 297 g/mol. The molecule has 0 spiro atoms. The van der Waals surface area contributed by atoms with E-state index in [0.29, 0.717) is 6.61 Å². The number of hydrogen-bond donors (Lipinski definition) is 2. The fraction of sp³-hybridized carbons (Fsp3) is 0.278. The van der Waals surface area contributed by atoms with Crippen LogP contribution in [0.5, 0.6) is 0 Å². The molecule has 0 saturated heterocycles. The first kappa shape index (κ1) is 14.4. The van der Waals surface area contributed by atoms with Gasteiger partial charge in [0.15, 0.2) is 0 Å². The van der Waals surface area contributed by atoms with Crippen LogP contribution in [0.25, 0.3) is 0 Å². The predicted molar refractivity (Wildman–Crippen MR) is 83.8 cm³/mol. The predicted octanol–water partition coefficient (Wildman–Crippen LogP) is 2.99. The van der Waals surface area contributed by atoms with E-state index in [1.54, 1.807) is 0 Å². The molecule has 1 aliphatic heterocycles. The molecule has 114 valence electrons. The van der Waals surface area contributed by atoms with Crippen LogP contribution in [0.3, 0.4) is 0 Å². The van der Waals surface area contributed by atoms with Crippen molar-refractivity contribution in [2.75, 3.05) is 0 Å². The number of carboxylic acids is 1. The van der Waals surface area contributed by atoms with Gasteiger partial charge < -0.3 is 15.2 Å². The van der Waals surface area contributed by atoms with Crippen molar-refractivity contribution in [3.8, 4) is 0 Å². The van der Waals surface area contributed by atoms with Crippen molar-refractivity contribution in [2.45, 2.75) is 26.0 Å². The maximum Gasteiger partial charge on any atom is 0.307 e. The number of carboxylic acid groups (broad SMARTS) is 1. The van der Waals surface area contributed by atoms with Crippen molar-refractivity contribution in [3.05, 3.63) is 71.2 Å². The van der Waals surface area contributed by atoms with Gasteiger partial charge in [0.25, 0.3) is 0 Å². The van der Waals surface area contributed by atoms with E-state index in [4.69, 9.17) is 9.84 Å². The van der Waals surface area contributed by atoms with E-state index < -0.39 is 5.97 Å². The van der Waals surface area contributed by atoms with Crippen molar-refractivity contribution >= 4 is 5.97 Å². The maximum absolute atomic E-state index is 11.0. The Kier molecular flexibility index (Phi) is 4.00. The lowest BCUT2D eigenvalue weighted by atomic mass is 9.87. The summed E-state index contributed by atoms with van der Waals surface area (Å²) in [5.41, 5.74) is 3.08. The van der Waals surface area contributed by atoms with Crippen molar-refractivity contribution in [1.29, 1.82) is 0 Å². The van der Waals surface area contributed by atoms with E-state index in [9.17, 15) is 4.79 Å². The standard InChI is InChI=1S/C18H19NO3/c1-12-7-16-15(14(10-19-16)8-18(20)21)9-17(12)22-11-13-5-3-2-4-6-13/h2-7,9-10,15-16,19H,8,11H2,1H3,(H,20,21). The third-order valence-corrected chi connectivity index (χ3v) is 4.02. The van der Waals surface area contributed by atoms with Gasteiger partial charge in [0.05, 0.1) is 12.5 Å². The third kappa shape index (κ3) is 3.06. The van der Waals surface area contributed by atoms with Gasteiger partial charge in [0.2, 0.25) is 0 Å². The summed E-state index contributed by atoms with van der Waals surface area (Å²) >= 11 is 0. The van der Waals surface area contributed by atoms with E-state index in [0.717, 1.165) is 22.5 Å². The normalized spacial score (nSPS) is 22.9. The number of hydrogen-bond acceptors (Lipinski definition) is 3. The van der Waals surface area contributed by atoms with Gasteiger partial charge in [-0.15, -0.1) is 0 Å². The zero-order chi connectivity index (χ0) is 15.5. The summed E-state index contributed by atoms with van der Waals surface area (Å²) < 4.78 is 5.93. The molecule has 2 unspecified atom stereocenters. The summed E-state index contributed by atoms with van der Waals surface area (Å²) in [6.45, 7) is 2.53. The van der Waals surface area contributed by atoms with Crippen LogP contribution in [0.1, 0.15) is 18.9 Å². The smallest absolute Gasteiger partial charge is 0.307 e. The Balaban J connectivity index is 1.72. The highest BCUT2D eigenvalue weighted by atomic mass is 16.5. The zero-order valence-electron chi connectivity index (χ0n) is 12.5. The average Bonchev–Trinajstić information content (AvgIpc) is 2.87. The first-order valence-corrected chi connectivity index (χ1v) is 7.37. The Morgan fingerprint density at radius 2 is 2.05 bits per heavy atom. The van der Waals surface area contributed by atoms with E-state index >= 15 is 0 Å². The van der Waals surface area contributed by atoms with Gasteiger partial charge in [-0.1, -0.05) is 36.4 Å². The lowest BCUT2D eigenvalue weighted by Gasteiger charge is -2.24. The largest absolute Gasteiger partial charge is 0.489 e. The number of carbonyl (C=O) groups is 1. The summed E-state index contributed by atoms with van der Waals surface area (Å²) in [5.74, 6) is 0.0933. The van der Waals surface area contributed by atoms with Gasteiger partial charge in [0.1, 0.15) is 12.4 Å². The van der Waals surface area contributed by atoms with Gasteiger partial charge in [0, 0.05) is 5.92 Å². The third-order valence-electron chi connectivity index (χ3n) is 4.02. The van der Waals surface area contributed by atoms with E-state index in [1.165, 1.54) is 0 Å². The molecule has 3 rings (SSSR count). The topological polar surface area (TPSA) is 58.6 Å². The maximum atomic E-state index is 11.0. The SMILES string of the molecule is CC1=CC2NC=C(CC(=O)O)C2C=C1OCc1ccccc1. The summed E-state index contributed by atoms with van der Waals surface area (Å²) in [6.07, 6.45) is 6.03. The van der Waals surface area contributed by atoms with E-state index in [2.05, 4.69) is 11.4 Å². The Morgan fingerprint density at radius 1 is 1.27 bits per heavy atom. The number of rotatable bonds is 5. The second-order valence-electron chi connectivity index (χ2n) is 5.66. The first-order valence-electron chi connectivity index (χ1n) is 7.37. The molecular weight excluding hydrogens is 278 g/mol. The second-order valence-corrected chi connectivity index (χ2v) is 5.66. The van der Waals surface area contributed by atoms with E-state index in [1.807, 2.05) is 49.5 Å². The molecular formula is C18H19NO3. The van der Waals surface area contributed by atoms with Crippen molar-refractivity contribution in [2.24, 2.45) is 5.92 Å². The van der Waals surface area contributed by atoms with Gasteiger partial charge in [-0.25, -0.2) is 0 Å².